The van der Waals surface area contributed by atoms with Crippen molar-refractivity contribution in [2.24, 2.45) is 0 Å². The summed E-state index contributed by atoms with van der Waals surface area (Å²) in [4.78, 5) is 12.4. The zero-order valence-electron chi connectivity index (χ0n) is 14.5. The van der Waals surface area contributed by atoms with Crippen LogP contribution in [0.4, 0.5) is 4.39 Å². The van der Waals surface area contributed by atoms with Crippen molar-refractivity contribution in [2.75, 3.05) is 13.2 Å². The summed E-state index contributed by atoms with van der Waals surface area (Å²) in [5.74, 6) is -0.697. The van der Waals surface area contributed by atoms with Gasteiger partial charge in [0.15, 0.2) is 0 Å². The van der Waals surface area contributed by atoms with Gasteiger partial charge in [-0.25, -0.2) is 4.39 Å². The van der Waals surface area contributed by atoms with Gasteiger partial charge in [0.2, 0.25) is 0 Å². The highest BCUT2D eigenvalue weighted by molar-refractivity contribution is 6.62. The maximum atomic E-state index is 14.3. The fourth-order valence-corrected chi connectivity index (χ4v) is 2.75. The van der Waals surface area contributed by atoms with Crippen molar-refractivity contribution in [1.82, 2.24) is 5.32 Å². The van der Waals surface area contributed by atoms with E-state index in [4.69, 9.17) is 14.0 Å². The summed E-state index contributed by atoms with van der Waals surface area (Å²) >= 11 is 0. The molecule has 2 saturated heterocycles. The number of ether oxygens (including phenoxy) is 1. The minimum absolute atomic E-state index is 0.00264. The number of nitrogens with one attached hydrogen (secondary N) is 1. The van der Waals surface area contributed by atoms with Crippen molar-refractivity contribution in [3.63, 3.8) is 0 Å². The molecule has 3 rings (SSSR count). The van der Waals surface area contributed by atoms with E-state index in [0.29, 0.717) is 18.8 Å². The third kappa shape index (κ3) is 3.20. The van der Waals surface area contributed by atoms with Gasteiger partial charge in [-0.2, -0.15) is 0 Å². The normalized spacial score (nSPS) is 25.0. The molecule has 0 bridgehead atoms. The standard InChI is InChI=1S/C17H23BFNO4/c1-16(2)17(3,4)24-18(23-16)13-9-11(5-6-14(13)19)15(21)20-12-7-8-22-10-12/h5-6,9,12H,7-8,10H2,1-4H3,(H,20,21). The third-order valence-corrected chi connectivity index (χ3v) is 5.03. The zero-order chi connectivity index (χ0) is 17.5. The SMILES string of the molecule is CC1(C)OB(c2cc(C(=O)NC3CCOC3)ccc2F)OC1(C)C. The Bertz CT molecular complexity index is 627. The molecule has 2 aliphatic rings. The lowest BCUT2D eigenvalue weighted by atomic mass is 9.78. The van der Waals surface area contributed by atoms with E-state index in [2.05, 4.69) is 5.32 Å². The molecule has 2 aliphatic heterocycles. The Kier molecular flexibility index (Phi) is 4.44. The highest BCUT2D eigenvalue weighted by Gasteiger charge is 2.52. The topological polar surface area (TPSA) is 56.8 Å². The van der Waals surface area contributed by atoms with E-state index in [1.54, 1.807) is 0 Å². The summed E-state index contributed by atoms with van der Waals surface area (Å²) in [7, 11) is -0.836. The van der Waals surface area contributed by atoms with Gasteiger partial charge in [0, 0.05) is 17.6 Å². The second-order valence-corrected chi connectivity index (χ2v) is 7.36. The molecular formula is C17H23BFNO4. The van der Waals surface area contributed by atoms with Crippen LogP contribution in [0.5, 0.6) is 0 Å². The van der Waals surface area contributed by atoms with Crippen LogP contribution in [-0.4, -0.2) is 43.5 Å². The van der Waals surface area contributed by atoms with Gasteiger partial charge in [-0.3, -0.25) is 4.79 Å². The summed E-state index contributed by atoms with van der Waals surface area (Å²) in [6, 6.07) is 4.25. The lowest BCUT2D eigenvalue weighted by molar-refractivity contribution is 0.00578. The molecule has 5 nitrogen and oxygen atoms in total. The molecule has 0 aliphatic carbocycles. The number of carbonyl (C=O) groups excluding carboxylic acids is 1. The molecule has 24 heavy (non-hydrogen) atoms. The van der Waals surface area contributed by atoms with Crippen LogP contribution in [-0.2, 0) is 14.0 Å². The van der Waals surface area contributed by atoms with Crippen molar-refractivity contribution in [3.05, 3.63) is 29.6 Å². The van der Waals surface area contributed by atoms with Crippen molar-refractivity contribution in [3.8, 4) is 0 Å². The average Bonchev–Trinajstić information content (AvgIpc) is 3.05. The van der Waals surface area contributed by atoms with Gasteiger partial charge in [0.1, 0.15) is 5.82 Å². The Morgan fingerprint density at radius 3 is 2.50 bits per heavy atom. The summed E-state index contributed by atoms with van der Waals surface area (Å²) in [6.45, 7) is 8.77. The number of halogens is 1. The van der Waals surface area contributed by atoms with Gasteiger partial charge < -0.3 is 19.4 Å². The molecular weight excluding hydrogens is 312 g/mol. The van der Waals surface area contributed by atoms with E-state index in [1.807, 2.05) is 27.7 Å². The number of benzene rings is 1. The molecule has 1 aromatic rings. The van der Waals surface area contributed by atoms with E-state index < -0.39 is 24.1 Å². The van der Waals surface area contributed by atoms with Crippen LogP contribution in [0.1, 0.15) is 44.5 Å². The third-order valence-electron chi connectivity index (χ3n) is 5.03. The summed E-state index contributed by atoms with van der Waals surface area (Å²) in [5.41, 5.74) is -0.510. The van der Waals surface area contributed by atoms with Crippen molar-refractivity contribution in [2.45, 2.75) is 51.4 Å². The lowest BCUT2D eigenvalue weighted by Gasteiger charge is -2.32. The monoisotopic (exact) mass is 335 g/mol. The van der Waals surface area contributed by atoms with Crippen LogP contribution in [0, 0.1) is 5.82 Å². The number of hydrogen-bond acceptors (Lipinski definition) is 4. The molecule has 2 fully saturated rings. The Hall–Kier alpha value is -1.44. The van der Waals surface area contributed by atoms with Gasteiger partial charge in [-0.15, -0.1) is 0 Å². The number of rotatable bonds is 3. The van der Waals surface area contributed by atoms with Crippen molar-refractivity contribution in [1.29, 1.82) is 0 Å². The van der Waals surface area contributed by atoms with Crippen molar-refractivity contribution >= 4 is 18.5 Å². The molecule has 1 aromatic carbocycles. The van der Waals surface area contributed by atoms with Gasteiger partial charge in [0.25, 0.3) is 5.91 Å². The molecule has 1 amide bonds. The predicted octanol–water partition coefficient (Wildman–Crippen LogP) is 1.64. The molecule has 7 heteroatoms. The predicted molar refractivity (Wildman–Crippen MR) is 88.8 cm³/mol. The maximum Gasteiger partial charge on any atom is 0.497 e. The van der Waals surface area contributed by atoms with Crippen LogP contribution in [0.2, 0.25) is 0 Å². The van der Waals surface area contributed by atoms with Crippen LogP contribution in [0.25, 0.3) is 0 Å². The largest absolute Gasteiger partial charge is 0.497 e. The molecule has 0 spiro atoms. The summed E-state index contributed by atoms with van der Waals surface area (Å²) < 4.78 is 31.3. The molecule has 130 valence electrons. The minimum Gasteiger partial charge on any atom is -0.399 e. The van der Waals surface area contributed by atoms with E-state index in [1.165, 1.54) is 18.2 Å². The van der Waals surface area contributed by atoms with E-state index in [0.717, 1.165) is 6.42 Å². The van der Waals surface area contributed by atoms with Crippen LogP contribution >= 0.6 is 0 Å². The minimum atomic E-state index is -0.836. The summed E-state index contributed by atoms with van der Waals surface area (Å²) in [5, 5.41) is 2.90. The number of amides is 1. The van der Waals surface area contributed by atoms with E-state index in [-0.39, 0.29) is 17.4 Å². The fourth-order valence-electron chi connectivity index (χ4n) is 2.75. The van der Waals surface area contributed by atoms with Crippen LogP contribution < -0.4 is 10.8 Å². The molecule has 2 heterocycles. The van der Waals surface area contributed by atoms with E-state index in [9.17, 15) is 9.18 Å². The lowest BCUT2D eigenvalue weighted by Crippen LogP contribution is -2.41. The van der Waals surface area contributed by atoms with E-state index >= 15 is 0 Å². The smallest absolute Gasteiger partial charge is 0.399 e. The molecule has 0 saturated carbocycles. The highest BCUT2D eigenvalue weighted by atomic mass is 19.1. The first kappa shape index (κ1) is 17.4. The van der Waals surface area contributed by atoms with Crippen LogP contribution in [0.15, 0.2) is 18.2 Å². The second kappa shape index (κ2) is 6.13. The average molecular weight is 335 g/mol. The number of hydrogen-bond donors (Lipinski definition) is 1. The molecule has 1 unspecified atom stereocenters. The zero-order valence-corrected chi connectivity index (χ0v) is 14.5. The number of carbonyl (C=O) groups is 1. The highest BCUT2D eigenvalue weighted by Crippen LogP contribution is 2.36. The molecule has 0 aromatic heterocycles. The van der Waals surface area contributed by atoms with Gasteiger partial charge in [0.05, 0.1) is 23.9 Å². The Labute approximate surface area is 142 Å². The second-order valence-electron chi connectivity index (χ2n) is 7.36. The Morgan fingerprint density at radius 1 is 1.25 bits per heavy atom. The molecule has 1 atom stereocenters. The van der Waals surface area contributed by atoms with Gasteiger partial charge >= 0.3 is 7.12 Å². The molecule has 0 radical (unpaired) electrons. The first-order valence-corrected chi connectivity index (χ1v) is 8.23. The maximum absolute atomic E-state index is 14.3. The first-order chi connectivity index (χ1) is 11.2. The van der Waals surface area contributed by atoms with Crippen LogP contribution in [0.3, 0.4) is 0 Å². The summed E-state index contributed by atoms with van der Waals surface area (Å²) in [6.07, 6.45) is 0.789. The van der Waals surface area contributed by atoms with Crippen molar-refractivity contribution < 1.29 is 23.2 Å². The quantitative estimate of drug-likeness (QED) is 0.854. The van der Waals surface area contributed by atoms with Gasteiger partial charge in [-0.05, 0) is 52.3 Å². The van der Waals surface area contributed by atoms with Gasteiger partial charge in [-0.1, -0.05) is 0 Å². The Balaban J connectivity index is 1.81. The molecule has 1 N–H and O–H groups in total. The fraction of sp³-hybridized carbons (Fsp3) is 0.588. The Morgan fingerprint density at radius 2 is 1.92 bits per heavy atom. The first-order valence-electron chi connectivity index (χ1n) is 8.23.